The van der Waals surface area contributed by atoms with Crippen LogP contribution in [-0.4, -0.2) is 33.3 Å². The summed E-state index contributed by atoms with van der Waals surface area (Å²) in [7, 11) is 3.24. The lowest BCUT2D eigenvalue weighted by Crippen LogP contribution is -2.38. The van der Waals surface area contributed by atoms with Gasteiger partial charge < -0.3 is 20.1 Å². The van der Waals surface area contributed by atoms with Crippen LogP contribution in [0.3, 0.4) is 0 Å². The predicted molar refractivity (Wildman–Crippen MR) is 127 cm³/mol. The Morgan fingerprint density at radius 1 is 1.07 bits per heavy atom. The van der Waals surface area contributed by atoms with Gasteiger partial charge in [0.15, 0.2) is 5.96 Å². The van der Waals surface area contributed by atoms with E-state index in [1.165, 1.54) is 11.6 Å². The second-order valence-electron chi connectivity index (χ2n) is 6.55. The van der Waals surface area contributed by atoms with Gasteiger partial charge in [-0.2, -0.15) is 0 Å². The Morgan fingerprint density at radius 3 is 2.55 bits per heavy atom. The van der Waals surface area contributed by atoms with E-state index in [0.717, 1.165) is 42.3 Å². The van der Waals surface area contributed by atoms with Gasteiger partial charge in [0, 0.05) is 25.8 Å². The van der Waals surface area contributed by atoms with Gasteiger partial charge in [0.2, 0.25) is 0 Å². The molecule has 0 saturated heterocycles. The van der Waals surface area contributed by atoms with Crippen molar-refractivity contribution in [1.29, 1.82) is 0 Å². The Balaban J connectivity index is 0.00000420. The van der Waals surface area contributed by atoms with E-state index >= 15 is 0 Å². The molecule has 0 aliphatic rings. The van der Waals surface area contributed by atoms with E-state index in [1.807, 2.05) is 19.1 Å². The maximum absolute atomic E-state index is 13.7. The molecule has 0 saturated carbocycles. The van der Waals surface area contributed by atoms with Crippen molar-refractivity contribution in [2.75, 3.05) is 27.3 Å². The zero-order valence-corrected chi connectivity index (χ0v) is 19.9. The van der Waals surface area contributed by atoms with Crippen LogP contribution in [-0.2, 0) is 24.3 Å². The van der Waals surface area contributed by atoms with Crippen LogP contribution < -0.4 is 15.4 Å². The second-order valence-corrected chi connectivity index (χ2v) is 6.55. The highest BCUT2D eigenvalue weighted by molar-refractivity contribution is 14.0. The van der Waals surface area contributed by atoms with Crippen molar-refractivity contribution in [1.82, 2.24) is 10.6 Å². The minimum Gasteiger partial charge on any atom is -0.496 e. The van der Waals surface area contributed by atoms with Gasteiger partial charge in [-0.05, 0) is 49.6 Å². The molecule has 160 valence electrons. The molecule has 7 heteroatoms. The van der Waals surface area contributed by atoms with E-state index in [-0.39, 0.29) is 36.4 Å². The molecular weight excluding hydrogens is 484 g/mol. The molecule has 0 unspecified atom stereocenters. The third-order valence-electron chi connectivity index (χ3n) is 4.30. The molecule has 0 atom stereocenters. The minimum absolute atomic E-state index is 0. The van der Waals surface area contributed by atoms with E-state index in [1.54, 1.807) is 26.4 Å². The molecule has 2 N–H and O–H groups in total. The number of nitrogens with zero attached hydrogens (tertiary/aromatic N) is 1. The van der Waals surface area contributed by atoms with Crippen LogP contribution in [0.15, 0.2) is 41.4 Å². The Morgan fingerprint density at radius 2 is 1.86 bits per heavy atom. The number of hydrogen-bond acceptors (Lipinski definition) is 3. The summed E-state index contributed by atoms with van der Waals surface area (Å²) in [6.45, 7) is 6.29. The van der Waals surface area contributed by atoms with Crippen LogP contribution in [0, 0.1) is 12.7 Å². The molecule has 0 amide bonds. The first-order chi connectivity index (χ1) is 13.6. The molecule has 2 rings (SSSR count). The third-order valence-corrected chi connectivity index (χ3v) is 4.30. The molecule has 0 heterocycles. The van der Waals surface area contributed by atoms with Gasteiger partial charge >= 0.3 is 0 Å². The first-order valence-corrected chi connectivity index (χ1v) is 9.49. The van der Waals surface area contributed by atoms with E-state index in [9.17, 15) is 4.39 Å². The van der Waals surface area contributed by atoms with Gasteiger partial charge in [0.05, 0.1) is 20.3 Å². The number of ether oxygens (including phenoxy) is 2. The molecule has 0 radical (unpaired) electrons. The van der Waals surface area contributed by atoms with E-state index < -0.39 is 0 Å². The summed E-state index contributed by atoms with van der Waals surface area (Å²) >= 11 is 0. The topological polar surface area (TPSA) is 54.9 Å². The highest BCUT2D eigenvalue weighted by Crippen LogP contribution is 2.19. The summed E-state index contributed by atoms with van der Waals surface area (Å²) in [5, 5.41) is 6.59. The summed E-state index contributed by atoms with van der Waals surface area (Å²) in [5.41, 5.74) is 3.85. The van der Waals surface area contributed by atoms with Crippen molar-refractivity contribution in [3.8, 4) is 5.75 Å². The quantitative estimate of drug-likeness (QED) is 0.299. The number of halogens is 2. The van der Waals surface area contributed by atoms with Crippen LogP contribution in [0.4, 0.5) is 4.39 Å². The van der Waals surface area contributed by atoms with Crippen LogP contribution in [0.2, 0.25) is 0 Å². The normalized spacial score (nSPS) is 11.0. The maximum Gasteiger partial charge on any atom is 0.191 e. The zero-order valence-electron chi connectivity index (χ0n) is 17.5. The Bertz CT molecular complexity index is 800. The van der Waals surface area contributed by atoms with Gasteiger partial charge in [-0.1, -0.05) is 23.8 Å². The molecule has 0 aliphatic carbocycles. The number of nitrogens with one attached hydrogen (secondary N) is 2. The summed E-state index contributed by atoms with van der Waals surface area (Å²) in [4.78, 5) is 4.61. The lowest BCUT2D eigenvalue weighted by molar-refractivity contribution is 0.181. The average molecular weight is 515 g/mol. The molecule has 2 aromatic rings. The van der Waals surface area contributed by atoms with Crippen LogP contribution in [0.1, 0.15) is 29.2 Å². The number of guanidine groups is 1. The fraction of sp³-hybridized carbons (Fsp3) is 0.409. The smallest absolute Gasteiger partial charge is 0.191 e. The van der Waals surface area contributed by atoms with Crippen LogP contribution >= 0.6 is 24.0 Å². The number of benzene rings is 2. The predicted octanol–water partition coefficient (Wildman–Crippen LogP) is 4.20. The van der Waals surface area contributed by atoms with E-state index in [2.05, 4.69) is 28.6 Å². The fourth-order valence-corrected chi connectivity index (χ4v) is 2.92. The summed E-state index contributed by atoms with van der Waals surface area (Å²) in [6.07, 6.45) is 0.823. The largest absolute Gasteiger partial charge is 0.496 e. The Hall–Kier alpha value is -1.87. The standard InChI is InChI=1S/C22H30FN3O2.HI/c1-5-24-22(25-11-10-18-12-16(2)6-9-21(18)28-4)26-14-17-7-8-20(23)19(13-17)15-27-3;/h6-9,12-13H,5,10-11,14-15H2,1-4H3,(H2,24,25,26);1H. The molecule has 0 spiro atoms. The SMILES string of the molecule is CCNC(=NCc1ccc(F)c(COC)c1)NCCc1cc(C)ccc1OC.I. The average Bonchev–Trinajstić information content (AvgIpc) is 2.68. The van der Waals surface area contributed by atoms with E-state index in [0.29, 0.717) is 12.1 Å². The number of hydrogen-bond donors (Lipinski definition) is 2. The fourth-order valence-electron chi connectivity index (χ4n) is 2.92. The lowest BCUT2D eigenvalue weighted by atomic mass is 10.1. The van der Waals surface area contributed by atoms with Gasteiger partial charge in [-0.15, -0.1) is 24.0 Å². The molecule has 0 aromatic heterocycles. The molecule has 0 bridgehead atoms. The molecule has 0 fully saturated rings. The van der Waals surface area contributed by atoms with Crippen molar-refractivity contribution >= 4 is 29.9 Å². The number of rotatable bonds is 9. The maximum atomic E-state index is 13.7. The van der Waals surface area contributed by atoms with Crippen molar-refractivity contribution in [2.45, 2.75) is 33.4 Å². The number of aliphatic imine (C=N–C) groups is 1. The number of methoxy groups -OCH3 is 2. The zero-order chi connectivity index (χ0) is 20.4. The van der Waals surface area contributed by atoms with Crippen molar-refractivity contribution in [3.05, 3.63) is 64.5 Å². The Labute approximate surface area is 190 Å². The number of aryl methyl sites for hydroxylation is 1. The lowest BCUT2D eigenvalue weighted by Gasteiger charge is -2.13. The summed E-state index contributed by atoms with van der Waals surface area (Å²) in [6, 6.07) is 11.2. The summed E-state index contributed by atoms with van der Waals surface area (Å²) in [5.74, 6) is 1.37. The minimum atomic E-state index is -0.258. The van der Waals surface area contributed by atoms with Crippen LogP contribution in [0.5, 0.6) is 5.75 Å². The highest BCUT2D eigenvalue weighted by Gasteiger charge is 2.06. The molecular formula is C22H31FIN3O2. The first-order valence-electron chi connectivity index (χ1n) is 9.49. The van der Waals surface area contributed by atoms with Gasteiger partial charge in [-0.25, -0.2) is 9.38 Å². The second kappa shape index (κ2) is 13.4. The van der Waals surface area contributed by atoms with Gasteiger partial charge in [0.1, 0.15) is 11.6 Å². The Kier molecular flexibility index (Phi) is 11.6. The molecule has 5 nitrogen and oxygen atoms in total. The van der Waals surface area contributed by atoms with Crippen molar-refractivity contribution in [2.24, 2.45) is 4.99 Å². The van der Waals surface area contributed by atoms with Gasteiger partial charge in [-0.3, -0.25) is 0 Å². The first kappa shape index (κ1) is 25.2. The monoisotopic (exact) mass is 515 g/mol. The molecule has 29 heavy (non-hydrogen) atoms. The van der Waals surface area contributed by atoms with Crippen molar-refractivity contribution < 1.29 is 13.9 Å². The summed E-state index contributed by atoms with van der Waals surface area (Å²) < 4.78 is 24.2. The highest BCUT2D eigenvalue weighted by atomic mass is 127. The van der Waals surface area contributed by atoms with Crippen molar-refractivity contribution in [3.63, 3.8) is 0 Å². The molecule has 0 aliphatic heterocycles. The molecule has 2 aromatic carbocycles. The van der Waals surface area contributed by atoms with E-state index in [4.69, 9.17) is 9.47 Å². The van der Waals surface area contributed by atoms with Crippen LogP contribution in [0.25, 0.3) is 0 Å². The third kappa shape index (κ3) is 8.18. The van der Waals surface area contributed by atoms with Gasteiger partial charge in [0.25, 0.3) is 0 Å².